The lowest BCUT2D eigenvalue weighted by Crippen LogP contribution is -2.28. The maximum atomic E-state index is 12.0. The fourth-order valence-electron chi connectivity index (χ4n) is 1.69. The zero-order valence-electron chi connectivity index (χ0n) is 9.06. The molecule has 2 heterocycles. The van der Waals surface area contributed by atoms with Crippen LogP contribution >= 0.6 is 0 Å². The smallest absolute Gasteiger partial charge is 0.271 e. The van der Waals surface area contributed by atoms with Gasteiger partial charge in [-0.15, -0.1) is 0 Å². The van der Waals surface area contributed by atoms with E-state index in [0.717, 1.165) is 12.1 Å². The third kappa shape index (κ3) is 1.87. The van der Waals surface area contributed by atoms with Crippen LogP contribution in [0.1, 0.15) is 29.5 Å². The highest BCUT2D eigenvalue weighted by Crippen LogP contribution is 2.12. The van der Waals surface area contributed by atoms with E-state index in [1.807, 2.05) is 13.8 Å². The monoisotopic (exact) mass is 209 g/mol. The Hall–Kier alpha value is -1.36. The van der Waals surface area contributed by atoms with Crippen LogP contribution in [0.4, 0.5) is 0 Å². The van der Waals surface area contributed by atoms with Crippen molar-refractivity contribution in [2.24, 2.45) is 0 Å². The molecule has 0 N–H and O–H groups in total. The van der Waals surface area contributed by atoms with Crippen molar-refractivity contribution in [2.45, 2.75) is 26.8 Å². The summed E-state index contributed by atoms with van der Waals surface area (Å²) in [5.74, 6) is -0.0880. The third-order valence-electron chi connectivity index (χ3n) is 2.40. The van der Waals surface area contributed by atoms with Crippen LogP contribution in [0.25, 0.3) is 0 Å². The largest absolute Gasteiger partial charge is 0.295 e. The number of nitrogens with zero attached hydrogens (tertiary/aromatic N) is 3. The van der Waals surface area contributed by atoms with Crippen LogP contribution in [0.2, 0.25) is 0 Å². The van der Waals surface area contributed by atoms with Gasteiger partial charge in [0.15, 0.2) is 0 Å². The quantitative estimate of drug-likeness (QED) is 0.729. The summed E-state index contributed by atoms with van der Waals surface area (Å²) in [5.41, 5.74) is 1.47. The minimum atomic E-state index is -0.0880. The number of amides is 1. The highest BCUT2D eigenvalue weighted by Gasteiger charge is 2.24. The van der Waals surface area contributed by atoms with E-state index in [0.29, 0.717) is 25.4 Å². The Bertz CT molecular complexity index is 367. The first-order valence-electron chi connectivity index (χ1n) is 5.21. The molecule has 0 aliphatic carbocycles. The van der Waals surface area contributed by atoms with Gasteiger partial charge in [0.05, 0.1) is 18.8 Å². The molecule has 1 aliphatic heterocycles. The van der Waals surface area contributed by atoms with Crippen LogP contribution in [0.15, 0.2) is 6.07 Å². The maximum Gasteiger partial charge on any atom is 0.295 e. The van der Waals surface area contributed by atoms with Gasteiger partial charge in [0.1, 0.15) is 5.69 Å². The predicted octanol–water partition coefficient (Wildman–Crippen LogP) is 0.989. The van der Waals surface area contributed by atoms with Gasteiger partial charge in [-0.25, -0.2) is 5.06 Å². The topological polar surface area (TPSA) is 47.4 Å². The summed E-state index contributed by atoms with van der Waals surface area (Å²) in [6, 6.07) is 1.80. The first-order chi connectivity index (χ1) is 7.22. The number of rotatable bonds is 2. The molecule has 2 rings (SSSR count). The molecule has 1 fully saturated rings. The number of aromatic nitrogens is 2. The first-order valence-corrected chi connectivity index (χ1v) is 5.21. The van der Waals surface area contributed by atoms with Crippen molar-refractivity contribution in [3.05, 3.63) is 17.5 Å². The Labute approximate surface area is 88.6 Å². The Morgan fingerprint density at radius 2 is 2.47 bits per heavy atom. The molecule has 0 bridgehead atoms. The zero-order chi connectivity index (χ0) is 10.8. The second kappa shape index (κ2) is 4.02. The van der Waals surface area contributed by atoms with Gasteiger partial charge >= 0.3 is 0 Å². The molecular formula is C10H15N3O2. The maximum absolute atomic E-state index is 12.0. The van der Waals surface area contributed by atoms with E-state index >= 15 is 0 Å². The normalized spacial score (nSPS) is 16.0. The number of carbonyl (C=O) groups excluding carboxylic acids is 1. The van der Waals surface area contributed by atoms with Gasteiger partial charge in [0.25, 0.3) is 5.91 Å². The molecule has 0 spiro atoms. The number of aryl methyl sites for hydroxylation is 2. The summed E-state index contributed by atoms with van der Waals surface area (Å²) in [4.78, 5) is 17.2. The molecule has 1 saturated heterocycles. The van der Waals surface area contributed by atoms with Gasteiger partial charge < -0.3 is 0 Å². The second-order valence-electron chi connectivity index (χ2n) is 3.58. The Morgan fingerprint density at radius 1 is 1.67 bits per heavy atom. The van der Waals surface area contributed by atoms with Gasteiger partial charge in [0, 0.05) is 6.54 Å². The predicted molar refractivity (Wildman–Crippen MR) is 54.2 cm³/mol. The van der Waals surface area contributed by atoms with Crippen molar-refractivity contribution in [3.8, 4) is 0 Å². The third-order valence-corrected chi connectivity index (χ3v) is 2.40. The minimum Gasteiger partial charge on any atom is -0.271 e. The summed E-state index contributed by atoms with van der Waals surface area (Å²) in [7, 11) is 0. The first kappa shape index (κ1) is 10.2. The van der Waals surface area contributed by atoms with Crippen molar-refractivity contribution in [2.75, 3.05) is 13.2 Å². The van der Waals surface area contributed by atoms with Gasteiger partial charge in [-0.3, -0.25) is 14.3 Å². The van der Waals surface area contributed by atoms with Gasteiger partial charge in [-0.1, -0.05) is 0 Å². The molecule has 1 aliphatic rings. The SMILES string of the molecule is CCn1nc(C)cc1C(=O)N1CCCO1. The van der Waals surface area contributed by atoms with Gasteiger partial charge in [0.2, 0.25) is 0 Å². The summed E-state index contributed by atoms with van der Waals surface area (Å²) >= 11 is 0. The standard InChI is InChI=1S/C10H15N3O2/c1-3-12-9(7-8(2)11-12)10(14)13-5-4-6-15-13/h7H,3-6H2,1-2H3. The van der Waals surface area contributed by atoms with Crippen molar-refractivity contribution >= 4 is 5.91 Å². The van der Waals surface area contributed by atoms with Crippen molar-refractivity contribution in [3.63, 3.8) is 0 Å². The van der Waals surface area contributed by atoms with Crippen LogP contribution < -0.4 is 0 Å². The van der Waals surface area contributed by atoms with E-state index < -0.39 is 0 Å². The van der Waals surface area contributed by atoms with Crippen molar-refractivity contribution < 1.29 is 9.63 Å². The van der Waals surface area contributed by atoms with Crippen molar-refractivity contribution in [1.29, 1.82) is 0 Å². The van der Waals surface area contributed by atoms with E-state index in [9.17, 15) is 4.79 Å². The molecule has 0 saturated carbocycles. The minimum absolute atomic E-state index is 0.0880. The molecule has 1 amide bonds. The average Bonchev–Trinajstić information content (AvgIpc) is 2.84. The van der Waals surface area contributed by atoms with Crippen molar-refractivity contribution in [1.82, 2.24) is 14.8 Å². The molecule has 1 aromatic rings. The summed E-state index contributed by atoms with van der Waals surface area (Å²) in [5, 5.41) is 5.65. The van der Waals surface area contributed by atoms with Gasteiger partial charge in [-0.05, 0) is 26.3 Å². The number of hydrogen-bond acceptors (Lipinski definition) is 3. The van der Waals surface area contributed by atoms with E-state index in [2.05, 4.69) is 5.10 Å². The van der Waals surface area contributed by atoms with Crippen LogP contribution in [0, 0.1) is 6.92 Å². The number of carbonyl (C=O) groups is 1. The fraction of sp³-hybridized carbons (Fsp3) is 0.600. The summed E-state index contributed by atoms with van der Waals surface area (Å²) in [6.45, 7) is 5.85. The number of hydroxylamine groups is 2. The molecule has 0 unspecified atom stereocenters. The zero-order valence-corrected chi connectivity index (χ0v) is 9.06. The molecule has 0 atom stereocenters. The average molecular weight is 209 g/mol. The van der Waals surface area contributed by atoms with Gasteiger partial charge in [-0.2, -0.15) is 5.10 Å². The summed E-state index contributed by atoms with van der Waals surface area (Å²) < 4.78 is 1.71. The lowest BCUT2D eigenvalue weighted by Gasteiger charge is -2.13. The lowest BCUT2D eigenvalue weighted by molar-refractivity contribution is -0.0775. The molecule has 0 radical (unpaired) electrons. The van der Waals surface area contributed by atoms with Crippen LogP contribution in [0.3, 0.4) is 0 Å². The molecule has 5 nitrogen and oxygen atoms in total. The van der Waals surface area contributed by atoms with E-state index in [1.165, 1.54) is 5.06 Å². The molecule has 82 valence electrons. The Kier molecular flexibility index (Phi) is 2.73. The molecule has 5 heteroatoms. The second-order valence-corrected chi connectivity index (χ2v) is 3.58. The molecular weight excluding hydrogens is 194 g/mol. The molecule has 1 aromatic heterocycles. The van der Waals surface area contributed by atoms with E-state index in [-0.39, 0.29) is 5.91 Å². The van der Waals surface area contributed by atoms with Crippen LogP contribution in [0.5, 0.6) is 0 Å². The van der Waals surface area contributed by atoms with Crippen LogP contribution in [-0.4, -0.2) is 33.9 Å². The fourth-order valence-corrected chi connectivity index (χ4v) is 1.69. The highest BCUT2D eigenvalue weighted by atomic mass is 16.7. The molecule has 0 aromatic carbocycles. The Morgan fingerprint density at radius 3 is 3.07 bits per heavy atom. The van der Waals surface area contributed by atoms with E-state index in [4.69, 9.17) is 4.84 Å². The molecule has 15 heavy (non-hydrogen) atoms. The summed E-state index contributed by atoms with van der Waals surface area (Å²) in [6.07, 6.45) is 0.908. The highest BCUT2D eigenvalue weighted by molar-refractivity contribution is 5.92. The lowest BCUT2D eigenvalue weighted by atomic mass is 10.3. The van der Waals surface area contributed by atoms with Crippen LogP contribution in [-0.2, 0) is 11.4 Å². The Balaban J connectivity index is 2.23. The van der Waals surface area contributed by atoms with E-state index in [1.54, 1.807) is 10.7 Å². The number of hydrogen-bond donors (Lipinski definition) is 0.